The average molecular weight is 293 g/mol. The predicted octanol–water partition coefficient (Wildman–Crippen LogP) is 3.77. The molecule has 0 saturated carbocycles. The molecule has 0 bridgehead atoms. The first-order chi connectivity index (χ1) is 9.60. The van der Waals surface area contributed by atoms with Crippen molar-refractivity contribution in [2.24, 2.45) is 0 Å². The molecule has 4 heteroatoms. The molecule has 1 unspecified atom stereocenters. The Kier molecular flexibility index (Phi) is 4.88. The third kappa shape index (κ3) is 3.65. The molecular weight excluding hydrogens is 276 g/mol. The van der Waals surface area contributed by atoms with Gasteiger partial charge < -0.3 is 14.6 Å². The lowest BCUT2D eigenvalue weighted by Gasteiger charge is -2.14. The highest BCUT2D eigenvalue weighted by Crippen LogP contribution is 2.23. The normalized spacial score (nSPS) is 12.0. The highest BCUT2D eigenvalue weighted by Gasteiger charge is 2.10. The van der Waals surface area contributed by atoms with E-state index in [0.29, 0.717) is 16.5 Å². The van der Waals surface area contributed by atoms with E-state index in [1.165, 1.54) is 0 Å². The maximum absolute atomic E-state index is 10.1. The van der Waals surface area contributed by atoms with Crippen molar-refractivity contribution in [3.05, 3.63) is 58.6 Å². The Labute approximate surface area is 123 Å². The van der Waals surface area contributed by atoms with Crippen LogP contribution < -0.4 is 9.47 Å². The zero-order valence-electron chi connectivity index (χ0n) is 11.5. The zero-order chi connectivity index (χ0) is 14.5. The topological polar surface area (TPSA) is 38.7 Å². The number of halogens is 1. The summed E-state index contributed by atoms with van der Waals surface area (Å²) in [6.07, 6.45) is -0.707. The molecule has 0 aromatic heterocycles. The lowest BCUT2D eigenvalue weighted by molar-refractivity contribution is 0.108. The van der Waals surface area contributed by atoms with Gasteiger partial charge in [0.05, 0.1) is 7.11 Å². The molecule has 0 heterocycles. The van der Waals surface area contributed by atoms with Crippen LogP contribution >= 0.6 is 11.6 Å². The summed E-state index contributed by atoms with van der Waals surface area (Å²) < 4.78 is 10.7. The lowest BCUT2D eigenvalue weighted by atomic mass is 10.1. The Bertz CT molecular complexity index is 584. The fourth-order valence-corrected chi connectivity index (χ4v) is 1.94. The summed E-state index contributed by atoms with van der Waals surface area (Å²) in [4.78, 5) is 0. The second kappa shape index (κ2) is 6.64. The van der Waals surface area contributed by atoms with Crippen LogP contribution in [-0.2, 0) is 0 Å². The average Bonchev–Trinajstić information content (AvgIpc) is 2.48. The molecule has 2 rings (SSSR count). The maximum Gasteiger partial charge on any atom is 0.119 e. The number of benzene rings is 2. The molecule has 3 nitrogen and oxygen atoms in total. The summed E-state index contributed by atoms with van der Waals surface area (Å²) >= 11 is 5.95. The van der Waals surface area contributed by atoms with Crippen LogP contribution in [0, 0.1) is 6.92 Å². The van der Waals surface area contributed by atoms with Gasteiger partial charge in [0.25, 0.3) is 0 Å². The van der Waals surface area contributed by atoms with Gasteiger partial charge in [-0.05, 0) is 48.4 Å². The third-order valence-corrected chi connectivity index (χ3v) is 3.44. The summed E-state index contributed by atoms with van der Waals surface area (Å²) in [7, 11) is 1.60. The van der Waals surface area contributed by atoms with Crippen LogP contribution in [0.4, 0.5) is 0 Å². The number of hydrogen-bond acceptors (Lipinski definition) is 3. The fourth-order valence-electron chi connectivity index (χ4n) is 1.83. The first-order valence-corrected chi connectivity index (χ1v) is 6.69. The Morgan fingerprint density at radius 3 is 2.65 bits per heavy atom. The minimum Gasteiger partial charge on any atom is -0.497 e. The summed E-state index contributed by atoms with van der Waals surface area (Å²) in [5.74, 6) is 1.40. The Hall–Kier alpha value is -1.71. The molecule has 20 heavy (non-hydrogen) atoms. The minimum absolute atomic E-state index is 0.175. The summed E-state index contributed by atoms with van der Waals surface area (Å²) in [5, 5.41) is 10.8. The molecule has 2 aromatic rings. The number of methoxy groups -OCH3 is 1. The monoisotopic (exact) mass is 292 g/mol. The van der Waals surface area contributed by atoms with Crippen LogP contribution in [-0.4, -0.2) is 18.8 Å². The molecular formula is C16H17ClO3. The third-order valence-electron chi connectivity index (χ3n) is 3.02. The van der Waals surface area contributed by atoms with Crippen molar-refractivity contribution in [2.75, 3.05) is 13.7 Å². The molecule has 0 aliphatic carbocycles. The van der Waals surface area contributed by atoms with E-state index in [1.807, 2.05) is 31.2 Å². The van der Waals surface area contributed by atoms with Gasteiger partial charge in [0.15, 0.2) is 0 Å². The second-order valence-electron chi connectivity index (χ2n) is 4.51. The minimum atomic E-state index is -0.707. The van der Waals surface area contributed by atoms with Gasteiger partial charge in [0.1, 0.15) is 24.2 Å². The van der Waals surface area contributed by atoms with E-state index in [-0.39, 0.29) is 6.61 Å². The molecule has 0 aliphatic heterocycles. The molecule has 2 aromatic carbocycles. The Morgan fingerprint density at radius 2 is 1.95 bits per heavy atom. The van der Waals surface area contributed by atoms with Crippen molar-refractivity contribution in [2.45, 2.75) is 13.0 Å². The second-order valence-corrected chi connectivity index (χ2v) is 4.92. The molecule has 0 amide bonds. The van der Waals surface area contributed by atoms with E-state index in [0.717, 1.165) is 11.1 Å². The molecule has 0 fully saturated rings. The van der Waals surface area contributed by atoms with Gasteiger partial charge in [-0.2, -0.15) is 0 Å². The van der Waals surface area contributed by atoms with Gasteiger partial charge in [0.2, 0.25) is 0 Å². The van der Waals surface area contributed by atoms with Crippen molar-refractivity contribution in [1.82, 2.24) is 0 Å². The van der Waals surface area contributed by atoms with Crippen LogP contribution in [0.1, 0.15) is 17.2 Å². The van der Waals surface area contributed by atoms with E-state index in [1.54, 1.807) is 25.3 Å². The van der Waals surface area contributed by atoms with Crippen LogP contribution in [0.3, 0.4) is 0 Å². The van der Waals surface area contributed by atoms with Crippen molar-refractivity contribution >= 4 is 11.6 Å². The molecule has 1 N–H and O–H groups in total. The summed E-state index contributed by atoms with van der Waals surface area (Å²) in [5.41, 5.74) is 1.70. The number of aryl methyl sites for hydroxylation is 1. The largest absolute Gasteiger partial charge is 0.497 e. The smallest absolute Gasteiger partial charge is 0.119 e. The van der Waals surface area contributed by atoms with Crippen molar-refractivity contribution in [3.8, 4) is 11.5 Å². The summed E-state index contributed by atoms with van der Waals surface area (Å²) in [6.45, 7) is 2.09. The van der Waals surface area contributed by atoms with E-state index < -0.39 is 6.10 Å². The van der Waals surface area contributed by atoms with Crippen LogP contribution in [0.2, 0.25) is 5.02 Å². The van der Waals surface area contributed by atoms with E-state index >= 15 is 0 Å². The van der Waals surface area contributed by atoms with E-state index in [9.17, 15) is 5.11 Å². The number of ether oxygens (including phenoxy) is 2. The Balaban J connectivity index is 2.00. The maximum atomic E-state index is 10.1. The molecule has 0 spiro atoms. The van der Waals surface area contributed by atoms with Gasteiger partial charge in [0, 0.05) is 5.02 Å². The van der Waals surface area contributed by atoms with Gasteiger partial charge in [-0.1, -0.05) is 23.7 Å². The lowest BCUT2D eigenvalue weighted by Crippen LogP contribution is -2.09. The van der Waals surface area contributed by atoms with Gasteiger partial charge in [-0.15, -0.1) is 0 Å². The van der Waals surface area contributed by atoms with Crippen molar-refractivity contribution in [3.63, 3.8) is 0 Å². The molecule has 106 valence electrons. The molecule has 0 aliphatic rings. The zero-order valence-corrected chi connectivity index (χ0v) is 12.2. The van der Waals surface area contributed by atoms with Crippen molar-refractivity contribution in [1.29, 1.82) is 0 Å². The highest BCUT2D eigenvalue weighted by atomic mass is 35.5. The van der Waals surface area contributed by atoms with Crippen LogP contribution in [0.25, 0.3) is 0 Å². The standard InChI is InChI=1S/C16H17ClO3/c1-11-8-14(6-7-15(11)17)20-10-16(18)12-4-3-5-13(9-12)19-2/h3-9,16,18H,10H2,1-2H3. The van der Waals surface area contributed by atoms with Crippen LogP contribution in [0.15, 0.2) is 42.5 Å². The van der Waals surface area contributed by atoms with Gasteiger partial charge >= 0.3 is 0 Å². The molecule has 1 atom stereocenters. The first kappa shape index (κ1) is 14.7. The molecule has 0 saturated heterocycles. The number of rotatable bonds is 5. The molecule has 0 radical (unpaired) electrons. The van der Waals surface area contributed by atoms with E-state index in [2.05, 4.69) is 0 Å². The summed E-state index contributed by atoms with van der Waals surface area (Å²) in [6, 6.07) is 12.7. The Morgan fingerprint density at radius 1 is 1.15 bits per heavy atom. The quantitative estimate of drug-likeness (QED) is 0.912. The number of hydrogen-bond donors (Lipinski definition) is 1. The van der Waals surface area contributed by atoms with Gasteiger partial charge in [-0.3, -0.25) is 0 Å². The van der Waals surface area contributed by atoms with Gasteiger partial charge in [-0.25, -0.2) is 0 Å². The van der Waals surface area contributed by atoms with Crippen molar-refractivity contribution < 1.29 is 14.6 Å². The van der Waals surface area contributed by atoms with Crippen LogP contribution in [0.5, 0.6) is 11.5 Å². The highest BCUT2D eigenvalue weighted by molar-refractivity contribution is 6.31. The fraction of sp³-hybridized carbons (Fsp3) is 0.250. The SMILES string of the molecule is COc1cccc(C(O)COc2ccc(Cl)c(C)c2)c1. The number of aliphatic hydroxyl groups is 1. The number of aliphatic hydroxyl groups excluding tert-OH is 1. The first-order valence-electron chi connectivity index (χ1n) is 6.31. The predicted molar refractivity (Wildman–Crippen MR) is 79.6 cm³/mol. The van der Waals surface area contributed by atoms with E-state index in [4.69, 9.17) is 21.1 Å².